The highest BCUT2D eigenvalue weighted by Crippen LogP contribution is 2.36. The molecule has 8 heteroatoms. The second kappa shape index (κ2) is 8.28. The van der Waals surface area contributed by atoms with Crippen molar-refractivity contribution in [3.8, 4) is 5.19 Å². The third-order valence-corrected chi connectivity index (χ3v) is 3.32. The van der Waals surface area contributed by atoms with Gasteiger partial charge in [0.2, 0.25) is 0 Å². The molecular formula is C13H21NO6S. The summed E-state index contributed by atoms with van der Waals surface area (Å²) in [5, 5.41) is 9.61. The topological polar surface area (TPSA) is 87.1 Å². The Kier molecular flexibility index (Phi) is 7.03. The van der Waals surface area contributed by atoms with Crippen molar-refractivity contribution in [3.05, 3.63) is 10.6 Å². The van der Waals surface area contributed by atoms with Gasteiger partial charge in [-0.05, 0) is 27.7 Å². The minimum absolute atomic E-state index is 0.0196. The predicted molar refractivity (Wildman–Crippen MR) is 76.8 cm³/mol. The Morgan fingerprint density at radius 3 is 2.00 bits per heavy atom. The van der Waals surface area contributed by atoms with Crippen molar-refractivity contribution >= 4 is 17.3 Å². The molecule has 0 spiro atoms. The molecule has 0 aliphatic carbocycles. The van der Waals surface area contributed by atoms with E-state index in [1.165, 1.54) is 0 Å². The monoisotopic (exact) mass is 319 g/mol. The van der Waals surface area contributed by atoms with Crippen LogP contribution in [0.5, 0.6) is 5.19 Å². The lowest BCUT2D eigenvalue weighted by Gasteiger charge is -2.30. The van der Waals surface area contributed by atoms with Crippen LogP contribution in [0, 0.1) is 0 Å². The van der Waals surface area contributed by atoms with Crippen LogP contribution in [0.2, 0.25) is 0 Å². The molecule has 0 bridgehead atoms. The molecule has 0 aliphatic rings. The van der Waals surface area contributed by atoms with Crippen LogP contribution in [0.3, 0.4) is 0 Å². The minimum Gasteiger partial charge on any atom is -0.477 e. The molecule has 0 fully saturated rings. The molecule has 1 rings (SSSR count). The number of carboxylic acid groups (broad SMARTS) is 1. The van der Waals surface area contributed by atoms with E-state index in [0.29, 0.717) is 6.61 Å². The Hall–Kier alpha value is -1.22. The van der Waals surface area contributed by atoms with Crippen LogP contribution < -0.4 is 4.74 Å². The van der Waals surface area contributed by atoms with Crippen LogP contribution in [0.4, 0.5) is 0 Å². The van der Waals surface area contributed by atoms with Crippen molar-refractivity contribution in [2.45, 2.75) is 33.7 Å². The Bertz CT molecular complexity index is 444. The third kappa shape index (κ3) is 4.13. The molecule has 1 heterocycles. The van der Waals surface area contributed by atoms with E-state index in [4.69, 9.17) is 18.9 Å². The van der Waals surface area contributed by atoms with Crippen molar-refractivity contribution in [2.75, 3.05) is 26.4 Å². The van der Waals surface area contributed by atoms with Gasteiger partial charge in [-0.1, -0.05) is 11.3 Å². The highest BCUT2D eigenvalue weighted by Gasteiger charge is 2.43. The first kappa shape index (κ1) is 17.8. The lowest BCUT2D eigenvalue weighted by atomic mass is 10.3. The maximum atomic E-state index is 11.4. The zero-order valence-corrected chi connectivity index (χ0v) is 13.5. The Morgan fingerprint density at radius 2 is 1.62 bits per heavy atom. The number of rotatable bonds is 10. The lowest BCUT2D eigenvalue weighted by molar-refractivity contribution is -0.391. The van der Waals surface area contributed by atoms with Crippen molar-refractivity contribution in [1.29, 1.82) is 0 Å². The molecule has 0 atom stereocenters. The second-order valence-corrected chi connectivity index (χ2v) is 4.71. The molecule has 0 aromatic carbocycles. The predicted octanol–water partition coefficient (Wildman–Crippen LogP) is 2.46. The number of hydrogen-bond acceptors (Lipinski definition) is 7. The standard InChI is InChI=1S/C13H21NO6S/c1-5-17-12-14-10(9(21-12)11(15)16)13(18-6-2,19-7-3)20-8-4/h5-8H2,1-4H3,(H,15,16). The zero-order chi connectivity index (χ0) is 15.9. The molecule has 1 aromatic heterocycles. The fraction of sp³-hybridized carbons (Fsp3) is 0.692. The van der Waals surface area contributed by atoms with E-state index in [1.54, 1.807) is 27.7 Å². The summed E-state index contributed by atoms with van der Waals surface area (Å²) in [4.78, 5) is 15.6. The highest BCUT2D eigenvalue weighted by atomic mass is 32.1. The van der Waals surface area contributed by atoms with Crippen molar-refractivity contribution in [1.82, 2.24) is 4.98 Å². The summed E-state index contributed by atoms with van der Waals surface area (Å²) in [5.41, 5.74) is 0.0778. The minimum atomic E-state index is -1.63. The number of carboxylic acids is 1. The molecule has 0 saturated heterocycles. The summed E-state index contributed by atoms with van der Waals surface area (Å²) in [7, 11) is 0. The average Bonchev–Trinajstić information content (AvgIpc) is 2.85. The lowest BCUT2D eigenvalue weighted by Crippen LogP contribution is -2.38. The fourth-order valence-electron chi connectivity index (χ4n) is 1.74. The van der Waals surface area contributed by atoms with Gasteiger partial charge in [0.15, 0.2) is 5.69 Å². The van der Waals surface area contributed by atoms with Crippen LogP contribution >= 0.6 is 11.3 Å². The molecule has 21 heavy (non-hydrogen) atoms. The van der Waals surface area contributed by atoms with Gasteiger partial charge in [0.1, 0.15) is 4.88 Å². The Morgan fingerprint density at radius 1 is 1.10 bits per heavy atom. The third-order valence-electron chi connectivity index (χ3n) is 2.36. The van der Waals surface area contributed by atoms with Gasteiger partial charge >= 0.3 is 11.9 Å². The van der Waals surface area contributed by atoms with Gasteiger partial charge in [0, 0.05) is 0 Å². The van der Waals surface area contributed by atoms with Crippen LogP contribution in [0.15, 0.2) is 0 Å². The van der Waals surface area contributed by atoms with Gasteiger partial charge in [0.05, 0.1) is 26.4 Å². The summed E-state index contributed by atoms with van der Waals surface area (Å²) in [6.45, 7) is 8.32. The van der Waals surface area contributed by atoms with E-state index in [-0.39, 0.29) is 35.6 Å². The van der Waals surface area contributed by atoms with E-state index in [2.05, 4.69) is 4.98 Å². The van der Waals surface area contributed by atoms with Crippen LogP contribution in [-0.4, -0.2) is 42.5 Å². The van der Waals surface area contributed by atoms with Gasteiger partial charge in [-0.3, -0.25) is 0 Å². The first-order valence-electron chi connectivity index (χ1n) is 6.83. The molecule has 1 aromatic rings. The molecule has 120 valence electrons. The summed E-state index contributed by atoms with van der Waals surface area (Å²) in [6.07, 6.45) is 0. The zero-order valence-electron chi connectivity index (χ0n) is 12.7. The summed E-state index contributed by atoms with van der Waals surface area (Å²) < 4.78 is 22.0. The van der Waals surface area contributed by atoms with E-state index in [1.807, 2.05) is 0 Å². The van der Waals surface area contributed by atoms with Crippen LogP contribution in [0.1, 0.15) is 43.1 Å². The van der Waals surface area contributed by atoms with E-state index in [0.717, 1.165) is 11.3 Å². The number of aromatic carboxylic acids is 1. The van der Waals surface area contributed by atoms with Gasteiger partial charge in [-0.25, -0.2) is 4.79 Å². The van der Waals surface area contributed by atoms with Gasteiger partial charge in [-0.2, -0.15) is 4.98 Å². The number of hydrogen-bond donors (Lipinski definition) is 1. The largest absolute Gasteiger partial charge is 0.477 e. The number of thiazole rings is 1. The van der Waals surface area contributed by atoms with E-state index >= 15 is 0 Å². The fourth-order valence-corrected chi connectivity index (χ4v) is 2.58. The normalized spacial score (nSPS) is 11.6. The number of aromatic nitrogens is 1. The molecule has 1 N–H and O–H groups in total. The number of ether oxygens (including phenoxy) is 4. The number of nitrogens with zero attached hydrogens (tertiary/aromatic N) is 1. The van der Waals surface area contributed by atoms with Crippen molar-refractivity contribution < 1.29 is 28.8 Å². The quantitative estimate of drug-likeness (QED) is 0.663. The summed E-state index contributed by atoms with van der Waals surface area (Å²) in [6, 6.07) is 0. The van der Waals surface area contributed by atoms with Crippen LogP contribution in [0.25, 0.3) is 0 Å². The SMILES string of the molecule is CCOc1nc(C(OCC)(OCC)OCC)c(C(=O)O)s1. The van der Waals surface area contributed by atoms with Gasteiger partial charge in [0.25, 0.3) is 5.19 Å². The Balaban J connectivity index is 3.35. The summed E-state index contributed by atoms with van der Waals surface area (Å²) >= 11 is 0.924. The Labute approximate surface area is 127 Å². The van der Waals surface area contributed by atoms with E-state index < -0.39 is 11.9 Å². The smallest absolute Gasteiger partial charge is 0.348 e. The second-order valence-electron chi connectivity index (χ2n) is 3.75. The molecule has 7 nitrogen and oxygen atoms in total. The summed E-state index contributed by atoms with van der Waals surface area (Å²) in [5.74, 6) is -2.75. The van der Waals surface area contributed by atoms with Crippen LogP contribution in [-0.2, 0) is 20.2 Å². The van der Waals surface area contributed by atoms with E-state index in [9.17, 15) is 9.90 Å². The first-order valence-corrected chi connectivity index (χ1v) is 7.65. The molecule has 0 radical (unpaired) electrons. The molecule has 0 unspecified atom stereocenters. The molecule has 0 aliphatic heterocycles. The van der Waals surface area contributed by atoms with Gasteiger partial charge in [-0.15, -0.1) is 0 Å². The van der Waals surface area contributed by atoms with Crippen molar-refractivity contribution in [3.63, 3.8) is 0 Å². The maximum absolute atomic E-state index is 11.4. The molecule has 0 saturated carbocycles. The first-order chi connectivity index (χ1) is 10.0. The van der Waals surface area contributed by atoms with Crippen molar-refractivity contribution in [2.24, 2.45) is 0 Å². The highest BCUT2D eigenvalue weighted by molar-refractivity contribution is 7.15. The molecular weight excluding hydrogens is 298 g/mol. The maximum Gasteiger partial charge on any atom is 0.348 e. The average molecular weight is 319 g/mol. The molecule has 0 amide bonds. The number of carbonyl (C=O) groups is 1. The van der Waals surface area contributed by atoms with Gasteiger partial charge < -0.3 is 24.1 Å².